The van der Waals surface area contributed by atoms with E-state index in [0.717, 1.165) is 22.4 Å². The monoisotopic (exact) mass is 334 g/mol. The largest absolute Gasteiger partial charge is 0.508 e. The molecule has 1 fully saturated rings. The van der Waals surface area contributed by atoms with Gasteiger partial charge in [0.05, 0.1) is 5.52 Å². The van der Waals surface area contributed by atoms with Crippen LogP contribution in [0.5, 0.6) is 5.75 Å². The second kappa shape index (κ2) is 6.97. The van der Waals surface area contributed by atoms with Crippen LogP contribution in [-0.2, 0) is 0 Å². The van der Waals surface area contributed by atoms with Gasteiger partial charge in [-0.3, -0.25) is 0 Å². The van der Waals surface area contributed by atoms with Gasteiger partial charge in [0.15, 0.2) is 0 Å². The average Bonchev–Trinajstić information content (AvgIpc) is 2.65. The van der Waals surface area contributed by atoms with Gasteiger partial charge in [-0.1, -0.05) is 31.4 Å². The lowest BCUT2D eigenvalue weighted by atomic mass is 9.95. The lowest BCUT2D eigenvalue weighted by Gasteiger charge is -2.24. The number of nitrogens with zero attached hydrogens (tertiary/aromatic N) is 2. The van der Waals surface area contributed by atoms with Gasteiger partial charge in [0.1, 0.15) is 11.6 Å². The summed E-state index contributed by atoms with van der Waals surface area (Å²) in [5.74, 6) is 1.69. The summed E-state index contributed by atoms with van der Waals surface area (Å²) in [5, 5.41) is 17.3. The van der Waals surface area contributed by atoms with Crippen molar-refractivity contribution in [3.63, 3.8) is 0 Å². The summed E-state index contributed by atoms with van der Waals surface area (Å²) < 4.78 is 0. The molecule has 0 saturated heterocycles. The van der Waals surface area contributed by atoms with Crippen LogP contribution in [0.25, 0.3) is 10.9 Å². The molecular weight excluding hydrogens is 312 g/mol. The Morgan fingerprint density at radius 3 is 2.44 bits per heavy atom. The average molecular weight is 334 g/mol. The Labute approximate surface area is 147 Å². The van der Waals surface area contributed by atoms with Gasteiger partial charge in [0, 0.05) is 17.1 Å². The summed E-state index contributed by atoms with van der Waals surface area (Å²) in [7, 11) is 0. The molecule has 25 heavy (non-hydrogen) atoms. The number of nitrogens with one attached hydrogen (secondary N) is 2. The van der Waals surface area contributed by atoms with Crippen molar-refractivity contribution in [2.75, 3.05) is 10.6 Å². The first kappa shape index (κ1) is 15.7. The highest BCUT2D eigenvalue weighted by Crippen LogP contribution is 2.27. The van der Waals surface area contributed by atoms with Gasteiger partial charge in [0.2, 0.25) is 5.95 Å². The van der Waals surface area contributed by atoms with E-state index in [9.17, 15) is 5.11 Å². The molecule has 1 aliphatic carbocycles. The molecule has 1 aliphatic rings. The molecule has 0 aliphatic heterocycles. The Kier molecular flexibility index (Phi) is 4.37. The number of para-hydroxylation sites is 1. The van der Waals surface area contributed by atoms with Crippen molar-refractivity contribution < 1.29 is 5.11 Å². The third-order valence-corrected chi connectivity index (χ3v) is 4.67. The van der Waals surface area contributed by atoms with Gasteiger partial charge in [-0.25, -0.2) is 4.98 Å². The van der Waals surface area contributed by atoms with Crippen LogP contribution < -0.4 is 10.6 Å². The first-order chi connectivity index (χ1) is 12.3. The minimum Gasteiger partial charge on any atom is -0.508 e. The molecule has 1 saturated carbocycles. The molecule has 3 N–H and O–H groups in total. The van der Waals surface area contributed by atoms with E-state index in [0.29, 0.717) is 12.0 Å². The van der Waals surface area contributed by atoms with Crippen LogP contribution in [0.1, 0.15) is 32.1 Å². The van der Waals surface area contributed by atoms with Crippen molar-refractivity contribution in [1.29, 1.82) is 0 Å². The molecule has 0 bridgehead atoms. The molecule has 5 heteroatoms. The van der Waals surface area contributed by atoms with Crippen molar-refractivity contribution >= 4 is 28.4 Å². The number of phenolic OH excluding ortho intramolecular Hbond substituents is 1. The van der Waals surface area contributed by atoms with Gasteiger partial charge in [-0.05, 0) is 49.2 Å². The molecular formula is C20H22N4O. The fourth-order valence-electron chi connectivity index (χ4n) is 3.36. The van der Waals surface area contributed by atoms with Crippen molar-refractivity contribution in [3.05, 3.63) is 48.5 Å². The predicted molar refractivity (Wildman–Crippen MR) is 101 cm³/mol. The van der Waals surface area contributed by atoms with E-state index in [1.165, 1.54) is 32.1 Å². The second-order valence-electron chi connectivity index (χ2n) is 6.56. The van der Waals surface area contributed by atoms with Crippen LogP contribution in [0, 0.1) is 0 Å². The standard InChI is InChI=1S/C20H22N4O/c25-16-12-10-15(11-13-16)22-20-23-18-9-5-4-8-17(18)19(24-20)21-14-6-2-1-3-7-14/h4-5,8-14,25H,1-3,6-7H2,(H2,21,22,23,24). The van der Waals surface area contributed by atoms with Crippen LogP contribution in [0.4, 0.5) is 17.5 Å². The first-order valence-electron chi connectivity index (χ1n) is 8.87. The molecule has 0 amide bonds. The van der Waals surface area contributed by atoms with Crippen LogP contribution in [0.2, 0.25) is 0 Å². The van der Waals surface area contributed by atoms with Gasteiger partial charge >= 0.3 is 0 Å². The van der Waals surface area contributed by atoms with Crippen LogP contribution in [-0.4, -0.2) is 21.1 Å². The summed E-state index contributed by atoms with van der Waals surface area (Å²) in [5.41, 5.74) is 1.76. The lowest BCUT2D eigenvalue weighted by molar-refractivity contribution is 0.462. The fourth-order valence-corrected chi connectivity index (χ4v) is 3.36. The number of aromatic hydroxyl groups is 1. The van der Waals surface area contributed by atoms with Gasteiger partial charge < -0.3 is 15.7 Å². The number of benzene rings is 2. The number of hydrogen-bond donors (Lipinski definition) is 3. The minimum absolute atomic E-state index is 0.240. The van der Waals surface area contributed by atoms with E-state index in [2.05, 4.69) is 21.7 Å². The highest BCUT2D eigenvalue weighted by atomic mass is 16.3. The maximum absolute atomic E-state index is 9.42. The summed E-state index contributed by atoms with van der Waals surface area (Å²) >= 11 is 0. The molecule has 128 valence electrons. The Hall–Kier alpha value is -2.82. The molecule has 0 radical (unpaired) electrons. The van der Waals surface area contributed by atoms with E-state index < -0.39 is 0 Å². The highest BCUT2D eigenvalue weighted by molar-refractivity contribution is 5.90. The van der Waals surface area contributed by atoms with E-state index in [1.807, 2.05) is 30.3 Å². The van der Waals surface area contributed by atoms with E-state index >= 15 is 0 Å². The summed E-state index contributed by atoms with van der Waals surface area (Å²) in [6.07, 6.45) is 6.27. The number of phenols is 1. The van der Waals surface area contributed by atoms with Crippen molar-refractivity contribution in [1.82, 2.24) is 9.97 Å². The second-order valence-corrected chi connectivity index (χ2v) is 6.56. The molecule has 1 aromatic heterocycles. The predicted octanol–water partition coefficient (Wildman–Crippen LogP) is 4.82. The fraction of sp³-hybridized carbons (Fsp3) is 0.300. The summed E-state index contributed by atoms with van der Waals surface area (Å²) in [6.45, 7) is 0. The number of anilines is 3. The number of rotatable bonds is 4. The van der Waals surface area contributed by atoms with Crippen LogP contribution in [0.15, 0.2) is 48.5 Å². The smallest absolute Gasteiger partial charge is 0.229 e. The molecule has 0 atom stereocenters. The SMILES string of the molecule is Oc1ccc(Nc2nc(NC3CCCCC3)c3ccccc3n2)cc1. The number of aromatic nitrogens is 2. The minimum atomic E-state index is 0.240. The van der Waals surface area contributed by atoms with Crippen molar-refractivity contribution in [2.24, 2.45) is 0 Å². The quantitative estimate of drug-likeness (QED) is 0.597. The van der Waals surface area contributed by atoms with Gasteiger partial charge in [-0.15, -0.1) is 0 Å². The summed E-state index contributed by atoms with van der Waals surface area (Å²) in [4.78, 5) is 9.34. The normalized spacial score (nSPS) is 15.2. The van der Waals surface area contributed by atoms with E-state index in [4.69, 9.17) is 4.98 Å². The third kappa shape index (κ3) is 3.65. The topological polar surface area (TPSA) is 70.1 Å². The van der Waals surface area contributed by atoms with Crippen LogP contribution in [0.3, 0.4) is 0 Å². The highest BCUT2D eigenvalue weighted by Gasteiger charge is 2.16. The van der Waals surface area contributed by atoms with Crippen LogP contribution >= 0.6 is 0 Å². The van der Waals surface area contributed by atoms with Crippen molar-refractivity contribution in [2.45, 2.75) is 38.1 Å². The Morgan fingerprint density at radius 1 is 0.880 bits per heavy atom. The maximum Gasteiger partial charge on any atom is 0.229 e. The third-order valence-electron chi connectivity index (χ3n) is 4.67. The van der Waals surface area contributed by atoms with Gasteiger partial charge in [-0.2, -0.15) is 4.98 Å². The number of fused-ring (bicyclic) bond motifs is 1. The Morgan fingerprint density at radius 2 is 1.64 bits per heavy atom. The van der Waals surface area contributed by atoms with E-state index in [-0.39, 0.29) is 5.75 Å². The zero-order valence-electron chi connectivity index (χ0n) is 14.1. The number of hydrogen-bond acceptors (Lipinski definition) is 5. The zero-order valence-corrected chi connectivity index (χ0v) is 14.1. The maximum atomic E-state index is 9.42. The van der Waals surface area contributed by atoms with Gasteiger partial charge in [0.25, 0.3) is 0 Å². The summed E-state index contributed by atoms with van der Waals surface area (Å²) in [6, 6.07) is 15.5. The molecule has 4 rings (SSSR count). The molecule has 1 heterocycles. The molecule has 2 aromatic carbocycles. The lowest BCUT2D eigenvalue weighted by Crippen LogP contribution is -2.23. The Balaban J connectivity index is 1.66. The molecule has 3 aromatic rings. The Bertz CT molecular complexity index is 857. The molecule has 5 nitrogen and oxygen atoms in total. The van der Waals surface area contributed by atoms with Crippen molar-refractivity contribution in [3.8, 4) is 5.75 Å². The van der Waals surface area contributed by atoms with E-state index in [1.54, 1.807) is 12.1 Å². The zero-order chi connectivity index (χ0) is 17.1. The molecule has 0 spiro atoms. The first-order valence-corrected chi connectivity index (χ1v) is 8.87. The molecule has 0 unspecified atom stereocenters.